The Morgan fingerprint density at radius 2 is 1.78 bits per heavy atom. The van der Waals surface area contributed by atoms with Crippen LogP contribution in [-0.2, 0) is 0 Å². The summed E-state index contributed by atoms with van der Waals surface area (Å²) in [5.41, 5.74) is 7.34. The molecule has 3 rings (SSSR count). The highest BCUT2D eigenvalue weighted by Gasteiger charge is 2.26. The number of carbonyl (C=O) groups excluding carboxylic acids is 1. The predicted octanol–water partition coefficient (Wildman–Crippen LogP) is 3.64. The molecule has 0 spiro atoms. The van der Waals surface area contributed by atoms with E-state index in [-0.39, 0.29) is 11.9 Å². The third kappa shape index (κ3) is 4.85. The fourth-order valence-corrected chi connectivity index (χ4v) is 4.12. The molecule has 0 atom stereocenters. The van der Waals surface area contributed by atoms with E-state index in [0.717, 1.165) is 63.0 Å². The molecule has 0 aromatic carbocycles. The number of anilines is 3. The standard InChI is InChI=1S/C21H35N5O/c1-4-23-19-18(22)13-17(20(25-19)26-11-9-15(3)10-12-26)21(27)24-16-7-5-14(2)6-8-16/h13-16H,4-12,22H2,1-3H3,(H,23,25)(H,24,27)/t14-,16-. The number of rotatable bonds is 5. The van der Waals surface area contributed by atoms with Crippen LogP contribution in [0.4, 0.5) is 17.3 Å². The van der Waals surface area contributed by atoms with Crippen LogP contribution in [0, 0.1) is 11.8 Å². The number of amides is 1. The van der Waals surface area contributed by atoms with Gasteiger partial charge in [-0.3, -0.25) is 4.79 Å². The van der Waals surface area contributed by atoms with Crippen molar-refractivity contribution < 1.29 is 4.79 Å². The van der Waals surface area contributed by atoms with E-state index in [1.165, 1.54) is 12.8 Å². The van der Waals surface area contributed by atoms with Crippen molar-refractivity contribution in [3.05, 3.63) is 11.6 Å². The number of hydrogen-bond acceptors (Lipinski definition) is 5. The molecule has 1 aromatic heterocycles. The summed E-state index contributed by atoms with van der Waals surface area (Å²) in [6.45, 7) is 9.22. The molecule has 1 aliphatic heterocycles. The van der Waals surface area contributed by atoms with Crippen molar-refractivity contribution in [2.24, 2.45) is 11.8 Å². The normalized spacial score (nSPS) is 23.9. The van der Waals surface area contributed by atoms with Gasteiger partial charge < -0.3 is 21.3 Å². The topological polar surface area (TPSA) is 83.3 Å². The maximum atomic E-state index is 13.1. The zero-order valence-corrected chi connectivity index (χ0v) is 17.1. The fourth-order valence-electron chi connectivity index (χ4n) is 4.12. The van der Waals surface area contributed by atoms with Crippen LogP contribution in [0.1, 0.15) is 69.7 Å². The zero-order valence-electron chi connectivity index (χ0n) is 17.1. The highest BCUT2D eigenvalue weighted by atomic mass is 16.1. The van der Waals surface area contributed by atoms with Crippen molar-refractivity contribution in [3.8, 4) is 0 Å². The van der Waals surface area contributed by atoms with Gasteiger partial charge in [-0.2, -0.15) is 0 Å². The van der Waals surface area contributed by atoms with Gasteiger partial charge >= 0.3 is 0 Å². The first-order valence-corrected chi connectivity index (χ1v) is 10.6. The van der Waals surface area contributed by atoms with Crippen LogP contribution in [0.25, 0.3) is 0 Å². The predicted molar refractivity (Wildman–Crippen MR) is 112 cm³/mol. The SMILES string of the molecule is CCNc1nc(N2CCC(C)CC2)c(C(=O)N[C@H]2CC[C@H](C)CC2)cc1N. The van der Waals surface area contributed by atoms with E-state index >= 15 is 0 Å². The number of aromatic nitrogens is 1. The third-order valence-corrected chi connectivity index (χ3v) is 6.05. The molecule has 2 aliphatic rings. The third-order valence-electron chi connectivity index (χ3n) is 6.05. The van der Waals surface area contributed by atoms with Gasteiger partial charge in [-0.1, -0.05) is 13.8 Å². The van der Waals surface area contributed by atoms with Gasteiger partial charge in [0.05, 0.1) is 11.3 Å². The van der Waals surface area contributed by atoms with E-state index in [4.69, 9.17) is 10.7 Å². The van der Waals surface area contributed by atoms with Crippen LogP contribution in [0.2, 0.25) is 0 Å². The van der Waals surface area contributed by atoms with Crippen molar-refractivity contribution >= 4 is 23.2 Å². The summed E-state index contributed by atoms with van der Waals surface area (Å²) in [7, 11) is 0. The number of pyridine rings is 1. The molecule has 1 amide bonds. The van der Waals surface area contributed by atoms with Gasteiger partial charge in [0.1, 0.15) is 5.82 Å². The highest BCUT2D eigenvalue weighted by molar-refractivity contribution is 6.00. The first-order chi connectivity index (χ1) is 13.0. The highest BCUT2D eigenvalue weighted by Crippen LogP contribution is 2.30. The lowest BCUT2D eigenvalue weighted by molar-refractivity contribution is 0.0923. The Morgan fingerprint density at radius 3 is 2.41 bits per heavy atom. The molecule has 0 radical (unpaired) electrons. The number of nitrogens with two attached hydrogens (primary N) is 1. The van der Waals surface area contributed by atoms with Crippen molar-refractivity contribution in [2.75, 3.05) is 35.6 Å². The van der Waals surface area contributed by atoms with Gasteiger partial charge in [0, 0.05) is 25.7 Å². The Balaban J connectivity index is 1.83. The van der Waals surface area contributed by atoms with E-state index in [2.05, 4.69) is 29.4 Å². The fraction of sp³-hybridized carbons (Fsp3) is 0.714. The van der Waals surface area contributed by atoms with Gasteiger partial charge in [-0.15, -0.1) is 0 Å². The van der Waals surface area contributed by atoms with Gasteiger partial charge in [0.2, 0.25) is 0 Å². The molecular formula is C21H35N5O. The summed E-state index contributed by atoms with van der Waals surface area (Å²) in [5, 5.41) is 6.46. The Morgan fingerprint density at radius 1 is 1.15 bits per heavy atom. The monoisotopic (exact) mass is 373 g/mol. The number of nitrogens with zero attached hydrogens (tertiary/aromatic N) is 2. The number of piperidine rings is 1. The van der Waals surface area contributed by atoms with Crippen molar-refractivity contribution in [1.29, 1.82) is 0 Å². The lowest BCUT2D eigenvalue weighted by Gasteiger charge is -2.33. The second-order valence-electron chi connectivity index (χ2n) is 8.43. The minimum atomic E-state index is -0.0366. The summed E-state index contributed by atoms with van der Waals surface area (Å²) < 4.78 is 0. The molecule has 150 valence electrons. The molecule has 1 saturated carbocycles. The molecule has 2 heterocycles. The molecule has 27 heavy (non-hydrogen) atoms. The van der Waals surface area contributed by atoms with E-state index in [0.29, 0.717) is 17.1 Å². The summed E-state index contributed by atoms with van der Waals surface area (Å²) in [6, 6.07) is 2.07. The minimum Gasteiger partial charge on any atom is -0.396 e. The average Bonchev–Trinajstić information content (AvgIpc) is 2.66. The summed E-state index contributed by atoms with van der Waals surface area (Å²) in [4.78, 5) is 20.1. The van der Waals surface area contributed by atoms with Crippen molar-refractivity contribution in [1.82, 2.24) is 10.3 Å². The first-order valence-electron chi connectivity index (χ1n) is 10.6. The smallest absolute Gasteiger partial charge is 0.255 e. The lowest BCUT2D eigenvalue weighted by Crippen LogP contribution is -2.40. The molecule has 6 nitrogen and oxygen atoms in total. The molecule has 0 bridgehead atoms. The van der Waals surface area contributed by atoms with Gasteiger partial charge in [-0.25, -0.2) is 4.98 Å². The number of hydrogen-bond donors (Lipinski definition) is 3. The van der Waals surface area contributed by atoms with Crippen LogP contribution < -0.4 is 21.3 Å². The number of nitrogens with one attached hydrogen (secondary N) is 2. The van der Waals surface area contributed by atoms with E-state index < -0.39 is 0 Å². The summed E-state index contributed by atoms with van der Waals surface area (Å²) in [6.07, 6.45) is 6.74. The molecule has 1 aliphatic carbocycles. The lowest BCUT2D eigenvalue weighted by atomic mass is 9.87. The molecular weight excluding hydrogens is 338 g/mol. The Bertz CT molecular complexity index is 646. The Labute approximate surface area is 163 Å². The molecule has 1 saturated heterocycles. The van der Waals surface area contributed by atoms with Crippen LogP contribution in [0.15, 0.2) is 6.07 Å². The second-order valence-corrected chi connectivity index (χ2v) is 8.43. The maximum Gasteiger partial charge on any atom is 0.255 e. The maximum absolute atomic E-state index is 13.1. The van der Waals surface area contributed by atoms with E-state index in [1.54, 1.807) is 6.07 Å². The average molecular weight is 374 g/mol. The first kappa shape index (κ1) is 19.8. The quantitative estimate of drug-likeness (QED) is 0.734. The van der Waals surface area contributed by atoms with Crippen LogP contribution in [0.5, 0.6) is 0 Å². The molecule has 2 fully saturated rings. The molecule has 1 aromatic rings. The Kier molecular flexibility index (Phi) is 6.45. The number of carbonyl (C=O) groups is 1. The summed E-state index contributed by atoms with van der Waals surface area (Å²) >= 11 is 0. The van der Waals surface area contributed by atoms with Crippen molar-refractivity contribution in [2.45, 2.75) is 65.3 Å². The van der Waals surface area contributed by atoms with E-state index in [1.807, 2.05) is 6.92 Å². The largest absolute Gasteiger partial charge is 0.396 e. The summed E-state index contributed by atoms with van der Waals surface area (Å²) in [5.74, 6) is 2.90. The number of nitrogen functional groups attached to an aromatic ring is 1. The van der Waals surface area contributed by atoms with Crippen LogP contribution in [0.3, 0.4) is 0 Å². The van der Waals surface area contributed by atoms with Gasteiger partial charge in [-0.05, 0) is 63.4 Å². The molecule has 4 N–H and O–H groups in total. The molecule has 6 heteroatoms. The van der Waals surface area contributed by atoms with E-state index in [9.17, 15) is 4.79 Å². The zero-order chi connectivity index (χ0) is 19.4. The van der Waals surface area contributed by atoms with Gasteiger partial charge in [0.15, 0.2) is 5.82 Å². The van der Waals surface area contributed by atoms with Crippen LogP contribution in [-0.4, -0.2) is 36.6 Å². The molecule has 0 unspecified atom stereocenters. The van der Waals surface area contributed by atoms with Crippen molar-refractivity contribution in [3.63, 3.8) is 0 Å². The van der Waals surface area contributed by atoms with Crippen LogP contribution >= 0.6 is 0 Å². The van der Waals surface area contributed by atoms with Gasteiger partial charge in [0.25, 0.3) is 5.91 Å². The second kappa shape index (κ2) is 8.81. The minimum absolute atomic E-state index is 0.0366. The Hall–Kier alpha value is -1.98.